The van der Waals surface area contributed by atoms with Crippen LogP contribution in [0.3, 0.4) is 0 Å². The summed E-state index contributed by atoms with van der Waals surface area (Å²) >= 11 is 0. The summed E-state index contributed by atoms with van der Waals surface area (Å²) < 4.78 is 7.75. The Kier molecular flexibility index (Phi) is 3.21. The highest BCUT2D eigenvalue weighted by Crippen LogP contribution is 2.30. The Bertz CT molecular complexity index is 382. The Hall–Kier alpha value is -0.800. The van der Waals surface area contributed by atoms with Crippen LogP contribution < -0.4 is 0 Å². The monoisotopic (exact) mass is 235 g/mol. The summed E-state index contributed by atoms with van der Waals surface area (Å²) in [6.07, 6.45) is 10.9. The van der Waals surface area contributed by atoms with Gasteiger partial charge in [-0.3, -0.25) is 0 Å². The van der Waals surface area contributed by atoms with Crippen LogP contribution in [0.5, 0.6) is 0 Å². The fourth-order valence-corrected chi connectivity index (χ4v) is 2.57. The predicted octanol–water partition coefficient (Wildman–Crippen LogP) is 2.63. The van der Waals surface area contributed by atoms with Crippen LogP contribution in [0.15, 0.2) is 12.4 Å². The molecular formula is C14H21NO2. The first-order valence-corrected chi connectivity index (χ1v) is 6.77. The van der Waals surface area contributed by atoms with E-state index in [9.17, 15) is 5.11 Å². The molecule has 0 spiro atoms. The van der Waals surface area contributed by atoms with E-state index in [0.717, 1.165) is 37.4 Å². The Labute approximate surface area is 102 Å². The van der Waals surface area contributed by atoms with Crippen LogP contribution in [-0.4, -0.2) is 16.3 Å². The first-order valence-electron chi connectivity index (χ1n) is 6.77. The number of hydrogen-bond donors (Lipinski definition) is 1. The zero-order chi connectivity index (χ0) is 11.7. The van der Waals surface area contributed by atoms with Crippen LogP contribution in [0.25, 0.3) is 0 Å². The van der Waals surface area contributed by atoms with E-state index < -0.39 is 0 Å². The average molecular weight is 235 g/mol. The lowest BCUT2D eigenvalue weighted by molar-refractivity contribution is 0.0688. The van der Waals surface area contributed by atoms with Crippen molar-refractivity contribution in [1.82, 2.24) is 4.57 Å². The summed E-state index contributed by atoms with van der Waals surface area (Å²) in [5.41, 5.74) is 2.43. The Morgan fingerprint density at radius 2 is 2.12 bits per heavy atom. The Morgan fingerprint density at radius 3 is 2.94 bits per heavy atom. The van der Waals surface area contributed by atoms with Crippen molar-refractivity contribution in [3.8, 4) is 0 Å². The highest BCUT2D eigenvalue weighted by atomic mass is 16.5. The molecule has 94 valence electrons. The highest BCUT2D eigenvalue weighted by Gasteiger charge is 2.21. The van der Waals surface area contributed by atoms with Crippen LogP contribution in [0.4, 0.5) is 0 Å². The largest absolute Gasteiger partial charge is 0.388 e. The van der Waals surface area contributed by atoms with Crippen LogP contribution in [-0.2, 0) is 17.9 Å². The number of hydrogen-bond acceptors (Lipinski definition) is 2. The second kappa shape index (κ2) is 4.83. The van der Waals surface area contributed by atoms with Crippen molar-refractivity contribution in [2.45, 2.75) is 51.4 Å². The van der Waals surface area contributed by atoms with Crippen LogP contribution in [0, 0.1) is 5.92 Å². The summed E-state index contributed by atoms with van der Waals surface area (Å²) in [5, 5.41) is 10.0. The molecule has 3 nitrogen and oxygen atoms in total. The summed E-state index contributed by atoms with van der Waals surface area (Å²) in [4.78, 5) is 0. The number of aliphatic hydroxyl groups is 1. The quantitative estimate of drug-likeness (QED) is 0.814. The molecule has 1 fully saturated rings. The maximum absolute atomic E-state index is 10.0. The van der Waals surface area contributed by atoms with E-state index in [1.807, 2.05) is 0 Å². The van der Waals surface area contributed by atoms with E-state index in [1.54, 1.807) is 0 Å². The van der Waals surface area contributed by atoms with E-state index in [0.29, 0.717) is 6.73 Å². The second-order valence-electron chi connectivity index (χ2n) is 5.46. The molecule has 2 aliphatic rings. The van der Waals surface area contributed by atoms with Crippen molar-refractivity contribution in [3.63, 3.8) is 0 Å². The van der Waals surface area contributed by atoms with Gasteiger partial charge in [0.25, 0.3) is 0 Å². The Morgan fingerprint density at radius 1 is 1.24 bits per heavy atom. The molecule has 0 saturated heterocycles. The van der Waals surface area contributed by atoms with Crippen LogP contribution >= 0.6 is 0 Å². The second-order valence-corrected chi connectivity index (χ2v) is 5.46. The van der Waals surface area contributed by atoms with Gasteiger partial charge in [0.2, 0.25) is 0 Å². The molecule has 1 atom stereocenters. The molecule has 2 aliphatic carbocycles. The summed E-state index contributed by atoms with van der Waals surface area (Å²) in [7, 11) is 0. The number of rotatable bonds is 4. The first-order chi connectivity index (χ1) is 8.33. The van der Waals surface area contributed by atoms with Crippen LogP contribution in [0.2, 0.25) is 0 Å². The van der Waals surface area contributed by atoms with Crippen molar-refractivity contribution in [3.05, 3.63) is 23.5 Å². The fraction of sp³-hybridized carbons (Fsp3) is 0.714. The van der Waals surface area contributed by atoms with Crippen molar-refractivity contribution in [1.29, 1.82) is 0 Å². The SMILES string of the molecule is OC1CCCCc2cn(COCC3CC3)cc21. The summed E-state index contributed by atoms with van der Waals surface area (Å²) in [6, 6.07) is 0. The molecule has 1 aromatic rings. The van der Waals surface area contributed by atoms with Crippen molar-refractivity contribution < 1.29 is 9.84 Å². The lowest BCUT2D eigenvalue weighted by Gasteiger charge is -2.07. The van der Waals surface area contributed by atoms with E-state index in [-0.39, 0.29) is 6.10 Å². The van der Waals surface area contributed by atoms with E-state index in [1.165, 1.54) is 24.8 Å². The molecule has 0 aromatic carbocycles. The van der Waals surface area contributed by atoms with E-state index >= 15 is 0 Å². The number of nitrogens with zero attached hydrogens (tertiary/aromatic N) is 1. The molecule has 1 saturated carbocycles. The molecule has 3 rings (SSSR count). The number of fused-ring (bicyclic) bond motifs is 1. The lowest BCUT2D eigenvalue weighted by atomic mass is 10.1. The first kappa shape index (κ1) is 11.3. The van der Waals surface area contributed by atoms with Gasteiger partial charge in [0, 0.05) is 18.0 Å². The predicted molar refractivity (Wildman–Crippen MR) is 65.6 cm³/mol. The minimum Gasteiger partial charge on any atom is -0.388 e. The lowest BCUT2D eigenvalue weighted by Crippen LogP contribution is -2.03. The topological polar surface area (TPSA) is 34.4 Å². The van der Waals surface area contributed by atoms with Gasteiger partial charge in [-0.2, -0.15) is 0 Å². The third-order valence-corrected chi connectivity index (χ3v) is 3.82. The number of ether oxygens (including phenoxy) is 1. The van der Waals surface area contributed by atoms with E-state index in [4.69, 9.17) is 4.74 Å². The standard InChI is InChI=1S/C14H21NO2/c16-14-4-2-1-3-12-7-15(8-13(12)14)10-17-9-11-5-6-11/h7-8,11,14,16H,1-6,9-10H2. The smallest absolute Gasteiger partial charge is 0.122 e. The molecule has 1 N–H and O–H groups in total. The normalized spacial score (nSPS) is 24.4. The molecule has 0 bridgehead atoms. The molecule has 1 unspecified atom stereocenters. The maximum Gasteiger partial charge on any atom is 0.122 e. The van der Waals surface area contributed by atoms with Gasteiger partial charge in [-0.15, -0.1) is 0 Å². The number of aromatic nitrogens is 1. The zero-order valence-corrected chi connectivity index (χ0v) is 10.3. The van der Waals surface area contributed by atoms with Crippen molar-refractivity contribution in [2.24, 2.45) is 5.92 Å². The number of aliphatic hydroxyl groups excluding tert-OH is 1. The molecule has 1 heterocycles. The summed E-state index contributed by atoms with van der Waals surface area (Å²) in [6.45, 7) is 1.53. The molecule has 0 aliphatic heterocycles. The number of aryl methyl sites for hydroxylation is 1. The van der Waals surface area contributed by atoms with Crippen LogP contribution in [0.1, 0.15) is 49.3 Å². The van der Waals surface area contributed by atoms with Crippen molar-refractivity contribution >= 4 is 0 Å². The molecule has 1 aromatic heterocycles. The fourth-order valence-electron chi connectivity index (χ4n) is 2.57. The third-order valence-electron chi connectivity index (χ3n) is 3.82. The van der Waals surface area contributed by atoms with E-state index in [2.05, 4.69) is 17.0 Å². The highest BCUT2D eigenvalue weighted by molar-refractivity contribution is 5.27. The minimum absolute atomic E-state index is 0.266. The Balaban J connectivity index is 1.63. The van der Waals surface area contributed by atoms with Gasteiger partial charge in [0.15, 0.2) is 0 Å². The van der Waals surface area contributed by atoms with Gasteiger partial charge in [-0.1, -0.05) is 6.42 Å². The molecule has 0 radical (unpaired) electrons. The maximum atomic E-state index is 10.0. The molecule has 17 heavy (non-hydrogen) atoms. The minimum atomic E-state index is -0.266. The third kappa shape index (κ3) is 2.72. The molecular weight excluding hydrogens is 214 g/mol. The van der Waals surface area contributed by atoms with Crippen molar-refractivity contribution in [2.75, 3.05) is 6.61 Å². The zero-order valence-electron chi connectivity index (χ0n) is 10.3. The van der Waals surface area contributed by atoms with Gasteiger partial charge in [0.05, 0.1) is 12.7 Å². The van der Waals surface area contributed by atoms with Gasteiger partial charge in [-0.05, 0) is 43.6 Å². The average Bonchev–Trinajstić information content (AvgIpc) is 3.07. The van der Waals surface area contributed by atoms with Gasteiger partial charge in [0.1, 0.15) is 6.73 Å². The molecule has 3 heteroatoms. The van der Waals surface area contributed by atoms with Gasteiger partial charge < -0.3 is 14.4 Å². The summed E-state index contributed by atoms with van der Waals surface area (Å²) in [5.74, 6) is 0.814. The molecule has 0 amide bonds. The van der Waals surface area contributed by atoms with Gasteiger partial charge >= 0.3 is 0 Å². The van der Waals surface area contributed by atoms with Gasteiger partial charge in [-0.25, -0.2) is 0 Å².